The van der Waals surface area contributed by atoms with Gasteiger partial charge in [0.15, 0.2) is 0 Å². The molecule has 0 atom stereocenters. The summed E-state index contributed by atoms with van der Waals surface area (Å²) >= 11 is 3.20. The van der Waals surface area contributed by atoms with Crippen molar-refractivity contribution in [3.8, 4) is 5.75 Å². The summed E-state index contributed by atoms with van der Waals surface area (Å²) in [6.07, 6.45) is 0.940. The monoisotopic (exact) mass is 322 g/mol. The summed E-state index contributed by atoms with van der Waals surface area (Å²) in [5.74, 6) is -0.434. The van der Waals surface area contributed by atoms with Crippen LogP contribution >= 0.6 is 15.9 Å². The van der Waals surface area contributed by atoms with Crippen molar-refractivity contribution in [3.05, 3.63) is 29.3 Å². The highest BCUT2D eigenvalue weighted by Crippen LogP contribution is 2.24. The van der Waals surface area contributed by atoms with Crippen LogP contribution in [0.5, 0.6) is 5.75 Å². The van der Waals surface area contributed by atoms with Gasteiger partial charge in [-0.25, -0.2) is 4.79 Å². The molecule has 1 aromatic carbocycles. The van der Waals surface area contributed by atoms with Crippen LogP contribution in [0.15, 0.2) is 18.2 Å². The minimum Gasteiger partial charge on any atom is -0.465 e. The molecule has 0 heterocycles. The van der Waals surface area contributed by atoms with E-state index in [9.17, 15) is 13.2 Å². The molecule has 0 unspecified atom stereocenters. The molecule has 0 bridgehead atoms. The summed E-state index contributed by atoms with van der Waals surface area (Å²) < 4.78 is 31.5. The summed E-state index contributed by atoms with van der Waals surface area (Å²) in [6.45, 7) is 0. The molecule has 1 aromatic rings. The molecule has 0 saturated heterocycles. The molecule has 0 aliphatic rings. The maximum Gasteiger partial charge on any atom is 0.337 e. The van der Waals surface area contributed by atoms with Gasteiger partial charge in [0, 0.05) is 10.9 Å². The number of carbonyl (C=O) groups is 1. The Balaban J connectivity index is 3.20. The van der Waals surface area contributed by atoms with Gasteiger partial charge < -0.3 is 8.92 Å². The van der Waals surface area contributed by atoms with Gasteiger partial charge in [0.1, 0.15) is 5.75 Å². The van der Waals surface area contributed by atoms with Crippen LogP contribution < -0.4 is 4.18 Å². The molecule has 0 aliphatic carbocycles. The van der Waals surface area contributed by atoms with E-state index in [1.807, 2.05) is 0 Å². The minimum atomic E-state index is -3.63. The average Bonchev–Trinajstić information content (AvgIpc) is 2.25. The van der Waals surface area contributed by atoms with Gasteiger partial charge in [0.2, 0.25) is 0 Å². The van der Waals surface area contributed by atoms with Crippen LogP contribution in [0.1, 0.15) is 15.9 Å². The first-order valence-corrected chi connectivity index (χ1v) is 7.48. The first-order valence-electron chi connectivity index (χ1n) is 4.54. The number of hydrogen-bond acceptors (Lipinski definition) is 5. The summed E-state index contributed by atoms with van der Waals surface area (Å²) in [6, 6.07) is 4.47. The Bertz CT molecular complexity index is 523. The molecule has 0 fully saturated rings. The van der Waals surface area contributed by atoms with E-state index in [0.29, 0.717) is 10.9 Å². The molecule has 0 saturated carbocycles. The standard InChI is InChI=1S/C10H11BrO5S/c1-15-10(12)7-3-4-8(6-11)9(5-7)16-17(2,13)14/h3-5H,6H2,1-2H3. The maximum absolute atomic E-state index is 11.3. The predicted molar refractivity (Wildman–Crippen MR) is 65.9 cm³/mol. The third kappa shape index (κ3) is 4.01. The predicted octanol–water partition coefficient (Wildman–Crippen LogP) is 1.71. The fraction of sp³-hybridized carbons (Fsp3) is 0.300. The number of methoxy groups -OCH3 is 1. The molecule has 5 nitrogen and oxygen atoms in total. The van der Waals surface area contributed by atoms with Gasteiger partial charge in [-0.05, 0) is 12.1 Å². The molecular weight excluding hydrogens is 312 g/mol. The molecule has 0 N–H and O–H groups in total. The summed E-state index contributed by atoms with van der Waals surface area (Å²) in [5, 5.41) is 0.416. The summed E-state index contributed by atoms with van der Waals surface area (Å²) in [4.78, 5) is 11.3. The Hall–Kier alpha value is -1.08. The van der Waals surface area contributed by atoms with E-state index in [2.05, 4.69) is 20.7 Å². The average molecular weight is 323 g/mol. The Morgan fingerprint density at radius 1 is 1.41 bits per heavy atom. The smallest absolute Gasteiger partial charge is 0.337 e. The Labute approximate surface area is 108 Å². The second-order valence-electron chi connectivity index (χ2n) is 3.24. The normalized spacial score (nSPS) is 11.0. The van der Waals surface area contributed by atoms with E-state index in [4.69, 9.17) is 4.18 Å². The molecule has 1 rings (SSSR count). The van der Waals surface area contributed by atoms with E-state index < -0.39 is 16.1 Å². The fourth-order valence-corrected chi connectivity index (χ4v) is 2.09. The number of alkyl halides is 1. The second kappa shape index (κ2) is 5.50. The molecule has 0 aliphatic heterocycles. The van der Waals surface area contributed by atoms with Crippen molar-refractivity contribution in [2.75, 3.05) is 13.4 Å². The van der Waals surface area contributed by atoms with Crippen molar-refractivity contribution in [2.45, 2.75) is 5.33 Å². The van der Waals surface area contributed by atoms with Crippen LogP contribution in [0.3, 0.4) is 0 Å². The maximum atomic E-state index is 11.3. The van der Waals surface area contributed by atoms with E-state index in [1.54, 1.807) is 6.07 Å². The van der Waals surface area contributed by atoms with E-state index >= 15 is 0 Å². The SMILES string of the molecule is COC(=O)c1ccc(CBr)c(OS(C)(=O)=O)c1. The highest BCUT2D eigenvalue weighted by atomic mass is 79.9. The second-order valence-corrected chi connectivity index (χ2v) is 5.37. The Kier molecular flexibility index (Phi) is 4.53. The third-order valence-corrected chi connectivity index (χ3v) is 2.96. The molecule has 0 aromatic heterocycles. The molecule has 0 amide bonds. The lowest BCUT2D eigenvalue weighted by Gasteiger charge is -2.09. The van der Waals surface area contributed by atoms with Gasteiger partial charge in [-0.2, -0.15) is 8.42 Å². The van der Waals surface area contributed by atoms with Crippen molar-refractivity contribution < 1.29 is 22.1 Å². The van der Waals surface area contributed by atoms with Crippen LogP contribution in [0.2, 0.25) is 0 Å². The van der Waals surface area contributed by atoms with Gasteiger partial charge in [-0.3, -0.25) is 0 Å². The number of esters is 1. The number of rotatable bonds is 4. The van der Waals surface area contributed by atoms with E-state index in [-0.39, 0.29) is 11.3 Å². The lowest BCUT2D eigenvalue weighted by atomic mass is 10.1. The van der Waals surface area contributed by atoms with Crippen molar-refractivity contribution in [1.82, 2.24) is 0 Å². The van der Waals surface area contributed by atoms with Crippen LogP contribution in [0.4, 0.5) is 0 Å². The minimum absolute atomic E-state index is 0.118. The van der Waals surface area contributed by atoms with Crippen LogP contribution in [-0.4, -0.2) is 27.8 Å². The largest absolute Gasteiger partial charge is 0.465 e. The highest BCUT2D eigenvalue weighted by Gasteiger charge is 2.13. The Morgan fingerprint density at radius 2 is 2.06 bits per heavy atom. The zero-order valence-electron chi connectivity index (χ0n) is 9.27. The first-order chi connectivity index (χ1) is 7.87. The van der Waals surface area contributed by atoms with Gasteiger partial charge in [0.05, 0.1) is 18.9 Å². The first kappa shape index (κ1) is 14.0. The highest BCUT2D eigenvalue weighted by molar-refractivity contribution is 9.08. The van der Waals surface area contributed by atoms with Crippen LogP contribution in [-0.2, 0) is 20.2 Å². The van der Waals surface area contributed by atoms with Crippen molar-refractivity contribution in [3.63, 3.8) is 0 Å². The zero-order valence-corrected chi connectivity index (χ0v) is 11.7. The molecule has 94 valence electrons. The van der Waals surface area contributed by atoms with E-state index in [1.165, 1.54) is 19.2 Å². The van der Waals surface area contributed by atoms with E-state index in [0.717, 1.165) is 6.26 Å². The molecule has 0 radical (unpaired) electrons. The number of ether oxygens (including phenoxy) is 1. The summed E-state index contributed by atoms with van der Waals surface area (Å²) in [5.41, 5.74) is 0.860. The molecule has 17 heavy (non-hydrogen) atoms. The fourth-order valence-electron chi connectivity index (χ4n) is 1.15. The molecule has 7 heteroatoms. The molecule has 0 spiro atoms. The van der Waals surface area contributed by atoms with Crippen molar-refractivity contribution >= 4 is 32.0 Å². The van der Waals surface area contributed by atoms with Gasteiger partial charge in [-0.1, -0.05) is 22.0 Å². The zero-order chi connectivity index (χ0) is 13.1. The van der Waals surface area contributed by atoms with Crippen LogP contribution in [0.25, 0.3) is 0 Å². The summed E-state index contributed by atoms with van der Waals surface area (Å²) in [7, 11) is -2.38. The number of benzene rings is 1. The Morgan fingerprint density at radius 3 is 2.53 bits per heavy atom. The van der Waals surface area contributed by atoms with Crippen molar-refractivity contribution in [1.29, 1.82) is 0 Å². The number of carbonyl (C=O) groups excluding carboxylic acids is 1. The van der Waals surface area contributed by atoms with Gasteiger partial charge >= 0.3 is 16.1 Å². The molecular formula is C10H11BrO5S. The van der Waals surface area contributed by atoms with Crippen molar-refractivity contribution in [2.24, 2.45) is 0 Å². The van der Waals surface area contributed by atoms with Gasteiger partial charge in [0.25, 0.3) is 0 Å². The third-order valence-electron chi connectivity index (χ3n) is 1.87. The number of halogens is 1. The number of hydrogen-bond donors (Lipinski definition) is 0. The quantitative estimate of drug-likeness (QED) is 0.479. The lowest BCUT2D eigenvalue weighted by molar-refractivity contribution is 0.0600. The van der Waals surface area contributed by atoms with Gasteiger partial charge in [-0.15, -0.1) is 0 Å². The lowest BCUT2D eigenvalue weighted by Crippen LogP contribution is -2.09. The topological polar surface area (TPSA) is 69.7 Å². The van der Waals surface area contributed by atoms with Crippen LogP contribution in [0, 0.1) is 0 Å².